The fourth-order valence-corrected chi connectivity index (χ4v) is 4.52. The lowest BCUT2D eigenvalue weighted by atomic mass is 10.1. The summed E-state index contributed by atoms with van der Waals surface area (Å²) in [5.74, 6) is 0.981. The Morgan fingerprint density at radius 2 is 1.97 bits per heavy atom. The summed E-state index contributed by atoms with van der Waals surface area (Å²) in [5.41, 5.74) is 2.07. The van der Waals surface area contributed by atoms with Crippen LogP contribution in [0.3, 0.4) is 0 Å². The highest BCUT2D eigenvalue weighted by molar-refractivity contribution is 8.04. The first kappa shape index (κ1) is 25.6. The monoisotopic (exact) mass is 484 g/mol. The zero-order valence-corrected chi connectivity index (χ0v) is 21.2. The van der Waals surface area contributed by atoms with E-state index in [-0.39, 0.29) is 17.9 Å². The molecule has 0 saturated heterocycles. The van der Waals surface area contributed by atoms with Gasteiger partial charge in [-0.05, 0) is 69.2 Å². The molecule has 0 unspecified atom stereocenters. The summed E-state index contributed by atoms with van der Waals surface area (Å²) in [6.07, 6.45) is 2.76. The molecule has 3 rings (SSSR count). The zero-order valence-electron chi connectivity index (χ0n) is 20.3. The van der Waals surface area contributed by atoms with Gasteiger partial charge in [0.2, 0.25) is 0 Å². The Morgan fingerprint density at radius 1 is 1.18 bits per heavy atom. The van der Waals surface area contributed by atoms with Crippen LogP contribution in [0.25, 0.3) is 6.08 Å². The number of benzene rings is 2. The third kappa shape index (κ3) is 6.33. The minimum Gasteiger partial charge on any atom is -0.493 e. The molecular weight excluding hydrogens is 452 g/mol. The van der Waals surface area contributed by atoms with Crippen LogP contribution >= 0.6 is 11.8 Å². The van der Waals surface area contributed by atoms with Crippen LogP contribution in [0.2, 0.25) is 0 Å². The fourth-order valence-electron chi connectivity index (χ4n) is 3.43. The molecule has 0 aromatic heterocycles. The number of carbonyl (C=O) groups is 2. The lowest BCUT2D eigenvalue weighted by Crippen LogP contribution is -2.31. The van der Waals surface area contributed by atoms with Crippen molar-refractivity contribution in [1.82, 2.24) is 5.32 Å². The van der Waals surface area contributed by atoms with E-state index in [0.29, 0.717) is 47.4 Å². The van der Waals surface area contributed by atoms with Crippen LogP contribution in [0, 0.1) is 0 Å². The molecule has 1 aliphatic heterocycles. The van der Waals surface area contributed by atoms with E-state index in [1.165, 1.54) is 11.8 Å². The van der Waals surface area contributed by atoms with Crippen molar-refractivity contribution in [2.75, 3.05) is 38.8 Å². The summed E-state index contributed by atoms with van der Waals surface area (Å²) in [7, 11) is 3.31. The second kappa shape index (κ2) is 11.9. The molecule has 0 bridgehead atoms. The molecule has 0 aliphatic carbocycles. The smallest absolute Gasteiger partial charge is 0.264 e. The molecule has 0 spiro atoms. The maximum Gasteiger partial charge on any atom is 0.264 e. The van der Waals surface area contributed by atoms with Crippen molar-refractivity contribution in [2.45, 2.75) is 38.2 Å². The van der Waals surface area contributed by atoms with Crippen molar-refractivity contribution in [3.63, 3.8) is 0 Å². The number of likely N-dealkylation sites (N-methyl/N-ethyl adjacent to an activating group) is 1. The summed E-state index contributed by atoms with van der Waals surface area (Å²) in [6, 6.07) is 11.0. The van der Waals surface area contributed by atoms with E-state index in [9.17, 15) is 9.59 Å². The van der Waals surface area contributed by atoms with E-state index >= 15 is 0 Å². The molecule has 2 aromatic carbocycles. The van der Waals surface area contributed by atoms with Gasteiger partial charge in [0.1, 0.15) is 0 Å². The highest BCUT2D eigenvalue weighted by Gasteiger charge is 2.27. The van der Waals surface area contributed by atoms with Gasteiger partial charge >= 0.3 is 0 Å². The van der Waals surface area contributed by atoms with Crippen molar-refractivity contribution in [1.29, 1.82) is 0 Å². The van der Waals surface area contributed by atoms with Crippen LogP contribution in [0.1, 0.15) is 43.1 Å². The van der Waals surface area contributed by atoms with E-state index in [4.69, 9.17) is 14.2 Å². The Kier molecular flexibility index (Phi) is 9.01. The van der Waals surface area contributed by atoms with Gasteiger partial charge in [-0.2, -0.15) is 0 Å². The number of anilines is 1. The molecule has 182 valence electrons. The third-order valence-corrected chi connectivity index (χ3v) is 6.24. The van der Waals surface area contributed by atoms with Crippen LogP contribution in [-0.2, 0) is 9.53 Å². The Labute approximate surface area is 205 Å². The highest BCUT2D eigenvalue weighted by Crippen LogP contribution is 2.42. The van der Waals surface area contributed by atoms with Gasteiger partial charge in [0.25, 0.3) is 11.8 Å². The van der Waals surface area contributed by atoms with Gasteiger partial charge in [0.05, 0.1) is 30.4 Å². The minimum absolute atomic E-state index is 0.131. The molecule has 0 fully saturated rings. The largest absolute Gasteiger partial charge is 0.493 e. The van der Waals surface area contributed by atoms with Crippen LogP contribution in [0.15, 0.2) is 46.2 Å². The Balaban J connectivity index is 1.73. The summed E-state index contributed by atoms with van der Waals surface area (Å²) in [6.45, 7) is 7.56. The van der Waals surface area contributed by atoms with Crippen LogP contribution in [0.4, 0.5) is 5.69 Å². The predicted octanol–water partition coefficient (Wildman–Crippen LogP) is 4.75. The normalized spacial score (nSPS) is 14.4. The van der Waals surface area contributed by atoms with Gasteiger partial charge in [-0.1, -0.05) is 17.8 Å². The number of rotatable bonds is 10. The van der Waals surface area contributed by atoms with Crippen molar-refractivity contribution < 1.29 is 23.8 Å². The Bertz CT molecular complexity index is 1070. The predicted molar refractivity (Wildman–Crippen MR) is 136 cm³/mol. The first-order valence-corrected chi connectivity index (χ1v) is 12.2. The lowest BCUT2D eigenvalue weighted by molar-refractivity contribution is -0.114. The number of hydrogen-bond acceptors (Lipinski definition) is 6. The number of carbonyl (C=O) groups excluding carboxylic acids is 2. The molecule has 7 nitrogen and oxygen atoms in total. The van der Waals surface area contributed by atoms with E-state index in [0.717, 1.165) is 16.9 Å². The van der Waals surface area contributed by atoms with Crippen molar-refractivity contribution in [3.05, 3.63) is 52.4 Å². The number of hydrogen-bond donors (Lipinski definition) is 1. The van der Waals surface area contributed by atoms with Gasteiger partial charge in [0.15, 0.2) is 11.5 Å². The summed E-state index contributed by atoms with van der Waals surface area (Å²) >= 11 is 1.39. The zero-order chi connectivity index (χ0) is 24.7. The van der Waals surface area contributed by atoms with E-state index in [1.807, 2.05) is 51.1 Å². The van der Waals surface area contributed by atoms with Crippen LogP contribution in [0.5, 0.6) is 11.5 Å². The molecule has 34 heavy (non-hydrogen) atoms. The average molecular weight is 485 g/mol. The molecule has 0 atom stereocenters. The Hall–Kier alpha value is -2.97. The molecule has 1 N–H and O–H groups in total. The van der Waals surface area contributed by atoms with Crippen molar-refractivity contribution >= 4 is 35.3 Å². The molecule has 0 radical (unpaired) electrons. The van der Waals surface area contributed by atoms with Gasteiger partial charge in [-0.3, -0.25) is 9.59 Å². The number of thioether (sulfide) groups is 1. The summed E-state index contributed by atoms with van der Waals surface area (Å²) in [4.78, 5) is 28.7. The third-order valence-electron chi connectivity index (χ3n) is 5.16. The fraction of sp³-hybridized carbons (Fsp3) is 0.385. The van der Waals surface area contributed by atoms with Crippen LogP contribution in [-0.4, -0.2) is 51.8 Å². The topological polar surface area (TPSA) is 77.1 Å². The van der Waals surface area contributed by atoms with Crippen molar-refractivity contribution in [3.8, 4) is 11.5 Å². The minimum atomic E-state index is -0.166. The number of ether oxygens (including phenoxy) is 3. The van der Waals surface area contributed by atoms with Crippen molar-refractivity contribution in [2.24, 2.45) is 0 Å². The number of nitrogens with zero attached hydrogens (tertiary/aromatic N) is 1. The van der Waals surface area contributed by atoms with Gasteiger partial charge in [-0.15, -0.1) is 0 Å². The lowest BCUT2D eigenvalue weighted by Gasteiger charge is -2.27. The summed E-state index contributed by atoms with van der Waals surface area (Å²) in [5, 5.41) is 2.91. The number of nitrogens with one attached hydrogen (secondary N) is 1. The number of fused-ring (bicyclic) bond motifs is 1. The maximum atomic E-state index is 13.1. The van der Waals surface area contributed by atoms with E-state index < -0.39 is 0 Å². The molecule has 8 heteroatoms. The second-order valence-corrected chi connectivity index (χ2v) is 9.11. The average Bonchev–Trinajstić information content (AvgIpc) is 2.82. The highest BCUT2D eigenvalue weighted by atomic mass is 32.2. The summed E-state index contributed by atoms with van der Waals surface area (Å²) < 4.78 is 16.5. The molecule has 1 heterocycles. The van der Waals surface area contributed by atoms with Gasteiger partial charge < -0.3 is 24.4 Å². The SMILES string of the molecule is CCOc1ccc(C=C2Sc3ccc(C(=O)NCCCOC(C)C)cc3N(C)C2=O)cc1OC. The van der Waals surface area contributed by atoms with E-state index in [2.05, 4.69) is 5.32 Å². The quantitative estimate of drug-likeness (QED) is 0.387. The van der Waals surface area contributed by atoms with Crippen LogP contribution < -0.4 is 19.7 Å². The van der Waals surface area contributed by atoms with E-state index in [1.54, 1.807) is 31.2 Å². The molecule has 0 saturated carbocycles. The molecule has 1 aliphatic rings. The van der Waals surface area contributed by atoms with Gasteiger partial charge in [-0.25, -0.2) is 0 Å². The molecule has 2 amide bonds. The molecule has 2 aromatic rings. The second-order valence-electron chi connectivity index (χ2n) is 8.03. The Morgan fingerprint density at radius 3 is 2.68 bits per heavy atom. The maximum absolute atomic E-state index is 13.1. The standard InChI is InChI=1S/C26H32N2O5S/c1-6-32-21-10-8-18(14-22(21)31-5)15-24-26(30)28(4)20-16-19(9-11-23(20)34-24)25(29)27-12-7-13-33-17(2)3/h8-11,14-17H,6-7,12-13H2,1-5H3,(H,27,29). The first-order valence-electron chi connectivity index (χ1n) is 11.4. The first-order chi connectivity index (χ1) is 16.3. The van der Waals surface area contributed by atoms with Gasteiger partial charge in [0, 0.05) is 30.7 Å². The number of amides is 2. The molecular formula is C26H32N2O5S. The number of methoxy groups -OCH3 is 1.